The Morgan fingerprint density at radius 3 is 2.50 bits per heavy atom. The van der Waals surface area contributed by atoms with Gasteiger partial charge in [-0.2, -0.15) is 0 Å². The molecule has 3 heteroatoms. The van der Waals surface area contributed by atoms with E-state index < -0.39 is 0 Å². The van der Waals surface area contributed by atoms with Crippen LogP contribution in [0.15, 0.2) is 11.8 Å². The monoisotopic (exact) mass is 186 g/mol. The third-order valence-corrected chi connectivity index (χ3v) is 2.39. The number of rotatable bonds is 5. The van der Waals surface area contributed by atoms with Gasteiger partial charge in [-0.15, -0.1) is 0 Å². The molecule has 2 N–H and O–H groups in total. The molecule has 0 saturated carbocycles. The van der Waals surface area contributed by atoms with Crippen molar-refractivity contribution in [3.8, 4) is 0 Å². The molecule has 0 radical (unpaired) electrons. The summed E-state index contributed by atoms with van der Waals surface area (Å²) in [6.45, 7) is 10.8. The van der Waals surface area contributed by atoms with E-state index in [1.165, 1.54) is 0 Å². The van der Waals surface area contributed by atoms with Crippen molar-refractivity contribution in [2.75, 3.05) is 13.2 Å². The van der Waals surface area contributed by atoms with Crippen molar-refractivity contribution < 1.29 is 0 Å². The first kappa shape index (κ1) is 11.9. The lowest BCUT2D eigenvalue weighted by Gasteiger charge is -2.11. The van der Waals surface area contributed by atoms with E-state index in [1.807, 2.05) is 0 Å². The molecule has 0 aliphatic heterocycles. The fraction of sp³-hybridized carbons (Fsp3) is 0.778. The van der Waals surface area contributed by atoms with Gasteiger partial charge >= 0.3 is 0 Å². The minimum absolute atomic E-state index is 0.182. The fourth-order valence-corrected chi connectivity index (χ4v) is 2.09. The molecule has 0 aromatic rings. The zero-order valence-electron chi connectivity index (χ0n) is 8.78. The van der Waals surface area contributed by atoms with Gasteiger partial charge in [-0.1, -0.05) is 39.5 Å². The van der Waals surface area contributed by atoms with E-state index in [9.17, 15) is 0 Å². The van der Waals surface area contributed by atoms with Crippen LogP contribution in [0.5, 0.6) is 0 Å². The Kier molecular flexibility index (Phi) is 6.33. The van der Waals surface area contributed by atoms with Crippen molar-refractivity contribution in [1.82, 2.24) is 10.3 Å². The van der Waals surface area contributed by atoms with Crippen LogP contribution >= 0.6 is 0 Å². The molecule has 0 amide bonds. The molecule has 0 rings (SSSR count). The average Bonchev–Trinajstić information content (AvgIpc) is 1.94. The lowest BCUT2D eigenvalue weighted by Crippen LogP contribution is -2.30. The number of allylic oxidation sites excluding steroid dienone is 1. The van der Waals surface area contributed by atoms with Gasteiger partial charge in [0.25, 0.3) is 0 Å². The number of nitrogens with one attached hydrogen (secondary N) is 2. The lowest BCUT2D eigenvalue weighted by atomic mass is 9.98. The summed E-state index contributed by atoms with van der Waals surface area (Å²) in [7, 11) is -0.182. The van der Waals surface area contributed by atoms with Crippen LogP contribution in [-0.4, -0.2) is 22.9 Å². The van der Waals surface area contributed by atoms with Crippen LogP contribution in [0.1, 0.15) is 27.7 Å². The summed E-state index contributed by atoms with van der Waals surface area (Å²) in [5.74, 6) is 0. The molecule has 72 valence electrons. The summed E-state index contributed by atoms with van der Waals surface area (Å²) < 4.78 is 0. The third kappa shape index (κ3) is 9.88. The summed E-state index contributed by atoms with van der Waals surface area (Å²) >= 11 is 0. The molecule has 0 aliphatic rings. The Bertz CT molecular complexity index is 127. The molecule has 0 aromatic carbocycles. The molecule has 0 atom stereocenters. The van der Waals surface area contributed by atoms with Crippen molar-refractivity contribution >= 4 is 9.68 Å². The molecule has 0 heterocycles. The maximum Gasteiger partial charge on any atom is 0.117 e. The van der Waals surface area contributed by atoms with Gasteiger partial charge in [-0.3, -0.25) is 0 Å². The summed E-state index contributed by atoms with van der Waals surface area (Å²) in [5.41, 5.74) is 2.66. The van der Waals surface area contributed by atoms with E-state index in [0.717, 1.165) is 13.2 Å². The van der Waals surface area contributed by atoms with Gasteiger partial charge < -0.3 is 10.3 Å². The molecule has 0 unspecified atom stereocenters. The zero-order chi connectivity index (χ0) is 9.45. The maximum atomic E-state index is 3.40. The highest BCUT2D eigenvalue weighted by atomic mass is 28.2. The Hall–Kier alpha value is -0.123. The molecule has 0 aliphatic carbocycles. The lowest BCUT2D eigenvalue weighted by molar-refractivity contribution is 0.545. The standard InChI is InChI=1S/C9H22N2Si/c1-5-10-8-11-12-7-6-9(2,3)4/h6-7,10-11H,5,8,12H2,1-4H3. The van der Waals surface area contributed by atoms with Crippen LogP contribution in [0.25, 0.3) is 0 Å². The van der Waals surface area contributed by atoms with Crippen molar-refractivity contribution in [3.05, 3.63) is 11.8 Å². The smallest absolute Gasteiger partial charge is 0.117 e. The van der Waals surface area contributed by atoms with Gasteiger partial charge in [-0.25, -0.2) is 0 Å². The summed E-state index contributed by atoms with van der Waals surface area (Å²) in [4.78, 5) is 3.40. The predicted octanol–water partition coefficient (Wildman–Crippen LogP) is 0.787. The van der Waals surface area contributed by atoms with Crippen LogP contribution < -0.4 is 10.3 Å². The largest absolute Gasteiger partial charge is 0.327 e. The molecular weight excluding hydrogens is 164 g/mol. The second-order valence-corrected chi connectivity index (χ2v) is 5.38. The maximum absolute atomic E-state index is 3.40. The highest BCUT2D eigenvalue weighted by Crippen LogP contribution is 2.13. The highest BCUT2D eigenvalue weighted by Gasteiger charge is 2.02. The van der Waals surface area contributed by atoms with Crippen LogP contribution in [0.3, 0.4) is 0 Å². The van der Waals surface area contributed by atoms with Gasteiger partial charge in [0, 0.05) is 6.67 Å². The quantitative estimate of drug-likeness (QED) is 0.377. The summed E-state index contributed by atoms with van der Waals surface area (Å²) in [6, 6.07) is 0. The Labute approximate surface area is 78.7 Å². The molecule has 0 saturated heterocycles. The first-order valence-electron chi connectivity index (χ1n) is 4.65. The molecule has 0 aromatic heterocycles. The van der Waals surface area contributed by atoms with Gasteiger partial charge in [0.1, 0.15) is 9.68 Å². The van der Waals surface area contributed by atoms with Crippen LogP contribution in [0, 0.1) is 5.41 Å². The van der Waals surface area contributed by atoms with Gasteiger partial charge in [-0.05, 0) is 12.0 Å². The van der Waals surface area contributed by atoms with Crippen LogP contribution in [-0.2, 0) is 0 Å². The number of hydrogen-bond acceptors (Lipinski definition) is 2. The van der Waals surface area contributed by atoms with Gasteiger partial charge in [0.05, 0.1) is 0 Å². The normalized spacial score (nSPS) is 13.7. The molecule has 12 heavy (non-hydrogen) atoms. The van der Waals surface area contributed by atoms with Crippen LogP contribution in [0.2, 0.25) is 0 Å². The fourth-order valence-electron chi connectivity index (χ4n) is 0.781. The Morgan fingerprint density at radius 2 is 2.00 bits per heavy atom. The van der Waals surface area contributed by atoms with E-state index in [2.05, 4.69) is 49.8 Å². The van der Waals surface area contributed by atoms with E-state index >= 15 is 0 Å². The van der Waals surface area contributed by atoms with E-state index in [1.54, 1.807) is 0 Å². The Balaban J connectivity index is 3.25. The number of hydrogen-bond donors (Lipinski definition) is 2. The summed E-state index contributed by atoms with van der Waals surface area (Å²) in [5, 5.41) is 3.24. The topological polar surface area (TPSA) is 24.1 Å². The molecule has 0 spiro atoms. The second-order valence-electron chi connectivity index (χ2n) is 4.00. The van der Waals surface area contributed by atoms with Crippen molar-refractivity contribution in [1.29, 1.82) is 0 Å². The Morgan fingerprint density at radius 1 is 1.33 bits per heavy atom. The third-order valence-electron chi connectivity index (χ3n) is 1.38. The predicted molar refractivity (Wildman–Crippen MR) is 58.8 cm³/mol. The molecular formula is C9H22N2Si. The molecule has 2 nitrogen and oxygen atoms in total. The van der Waals surface area contributed by atoms with Crippen molar-refractivity contribution in [2.45, 2.75) is 27.7 Å². The SMILES string of the molecule is CCNCN[SiH2]C=CC(C)(C)C. The van der Waals surface area contributed by atoms with E-state index in [4.69, 9.17) is 0 Å². The van der Waals surface area contributed by atoms with E-state index in [-0.39, 0.29) is 9.68 Å². The van der Waals surface area contributed by atoms with Crippen molar-refractivity contribution in [3.63, 3.8) is 0 Å². The first-order chi connectivity index (χ1) is 5.56. The molecule has 0 fully saturated rings. The van der Waals surface area contributed by atoms with E-state index in [0.29, 0.717) is 5.41 Å². The molecule has 0 bridgehead atoms. The minimum atomic E-state index is -0.182. The average molecular weight is 186 g/mol. The highest BCUT2D eigenvalue weighted by molar-refractivity contribution is 6.38. The van der Waals surface area contributed by atoms with Gasteiger partial charge in [0.2, 0.25) is 0 Å². The van der Waals surface area contributed by atoms with Crippen molar-refractivity contribution in [2.24, 2.45) is 5.41 Å². The summed E-state index contributed by atoms with van der Waals surface area (Å²) in [6.07, 6.45) is 2.29. The zero-order valence-corrected chi connectivity index (χ0v) is 10.2. The second kappa shape index (κ2) is 6.40. The van der Waals surface area contributed by atoms with Gasteiger partial charge in [0.15, 0.2) is 0 Å². The minimum Gasteiger partial charge on any atom is -0.327 e. The van der Waals surface area contributed by atoms with Crippen LogP contribution in [0.4, 0.5) is 0 Å². The first-order valence-corrected chi connectivity index (χ1v) is 6.18.